The van der Waals surface area contributed by atoms with Gasteiger partial charge in [0.15, 0.2) is 0 Å². The number of carbonyl (C=O) groups is 2. The van der Waals surface area contributed by atoms with E-state index in [2.05, 4.69) is 5.32 Å². The topological polar surface area (TPSA) is 110 Å². The Kier molecular flexibility index (Phi) is 6.59. The second kappa shape index (κ2) is 10.0. The molecule has 7 nitrogen and oxygen atoms in total. The Labute approximate surface area is 218 Å². The van der Waals surface area contributed by atoms with E-state index in [1.54, 1.807) is 19.1 Å². The average molecular weight is 510 g/mol. The summed E-state index contributed by atoms with van der Waals surface area (Å²) in [4.78, 5) is 37.7. The van der Waals surface area contributed by atoms with Crippen molar-refractivity contribution in [3.63, 3.8) is 0 Å². The molecule has 0 saturated heterocycles. The summed E-state index contributed by atoms with van der Waals surface area (Å²) in [5.74, 6) is -0.960. The molecule has 2 aromatic heterocycles. The first-order valence-electron chi connectivity index (χ1n) is 12.3. The fourth-order valence-corrected chi connectivity index (χ4v) is 5.00. The Morgan fingerprint density at radius 2 is 1.50 bits per heavy atom. The number of carboxylic acids is 1. The fourth-order valence-electron chi connectivity index (χ4n) is 5.00. The summed E-state index contributed by atoms with van der Waals surface area (Å²) >= 11 is 0. The summed E-state index contributed by atoms with van der Waals surface area (Å²) in [6.07, 6.45) is -0.164. The van der Waals surface area contributed by atoms with Crippen molar-refractivity contribution in [3.8, 4) is 11.1 Å². The molecule has 3 aromatic carbocycles. The zero-order valence-electron chi connectivity index (χ0n) is 21.3. The Morgan fingerprint density at radius 3 is 2.16 bits per heavy atom. The summed E-state index contributed by atoms with van der Waals surface area (Å²) in [5, 5.41) is 13.8. The Bertz CT molecular complexity index is 1730. The predicted octanol–water partition coefficient (Wildman–Crippen LogP) is 5.49. The molecule has 0 aliphatic heterocycles. The number of rotatable bonds is 7. The molecule has 5 aromatic rings. The molecule has 2 N–H and O–H groups in total. The summed E-state index contributed by atoms with van der Waals surface area (Å²) in [6, 6.07) is 19.8. The zero-order valence-corrected chi connectivity index (χ0v) is 21.3. The maximum atomic E-state index is 13.0. The summed E-state index contributed by atoms with van der Waals surface area (Å²) < 4.78 is 11.8. The first-order chi connectivity index (χ1) is 18.2. The minimum atomic E-state index is -1.15. The van der Waals surface area contributed by atoms with Crippen LogP contribution in [0.4, 0.5) is 0 Å². The number of nitrogens with one attached hydrogen (secondary N) is 1. The molecule has 5 rings (SSSR count). The molecule has 0 bridgehead atoms. The first kappa shape index (κ1) is 25.0. The molecular weight excluding hydrogens is 482 g/mol. The van der Waals surface area contributed by atoms with Crippen molar-refractivity contribution in [3.05, 3.63) is 105 Å². The van der Waals surface area contributed by atoms with E-state index in [0.717, 1.165) is 27.8 Å². The summed E-state index contributed by atoms with van der Waals surface area (Å²) in [7, 11) is 0. The fraction of sp³-hybridized carbons (Fsp3) is 0.194. The third kappa shape index (κ3) is 4.59. The lowest BCUT2D eigenvalue weighted by Gasteiger charge is -2.15. The van der Waals surface area contributed by atoms with E-state index in [4.69, 9.17) is 8.83 Å². The molecule has 0 aliphatic carbocycles. The molecule has 0 saturated carbocycles. The van der Waals surface area contributed by atoms with Crippen LogP contribution in [-0.4, -0.2) is 23.0 Å². The smallest absolute Gasteiger partial charge is 0.340 e. The zero-order chi connectivity index (χ0) is 27.0. The predicted molar refractivity (Wildman–Crippen MR) is 145 cm³/mol. The van der Waals surface area contributed by atoms with Crippen molar-refractivity contribution in [2.75, 3.05) is 0 Å². The molecular formula is C31H27NO6. The molecule has 1 amide bonds. The first-order valence-corrected chi connectivity index (χ1v) is 12.3. The second-order valence-corrected chi connectivity index (χ2v) is 9.47. The van der Waals surface area contributed by atoms with Gasteiger partial charge in [0.1, 0.15) is 23.0 Å². The molecule has 1 unspecified atom stereocenters. The average Bonchev–Trinajstić information content (AvgIpc) is 3.24. The van der Waals surface area contributed by atoms with E-state index in [1.165, 1.54) is 0 Å². The number of hydrogen-bond acceptors (Lipinski definition) is 5. The highest BCUT2D eigenvalue weighted by Gasteiger charge is 2.24. The van der Waals surface area contributed by atoms with Gasteiger partial charge in [-0.25, -0.2) is 9.59 Å². The second-order valence-electron chi connectivity index (χ2n) is 9.47. The van der Waals surface area contributed by atoms with Gasteiger partial charge in [-0.15, -0.1) is 0 Å². The molecule has 7 heteroatoms. The monoisotopic (exact) mass is 509 g/mol. The van der Waals surface area contributed by atoms with E-state index in [1.807, 2.05) is 68.4 Å². The van der Waals surface area contributed by atoms with Crippen LogP contribution in [0.2, 0.25) is 0 Å². The van der Waals surface area contributed by atoms with Crippen LogP contribution < -0.4 is 10.9 Å². The normalized spacial score (nSPS) is 12.1. The summed E-state index contributed by atoms with van der Waals surface area (Å²) in [5.41, 5.74) is 4.68. The van der Waals surface area contributed by atoms with Crippen LogP contribution >= 0.6 is 0 Å². The number of benzene rings is 3. The number of carbonyl (C=O) groups excluding carboxylic acids is 1. The van der Waals surface area contributed by atoms with Crippen LogP contribution in [0.25, 0.3) is 33.1 Å². The largest absolute Gasteiger partial charge is 0.480 e. The number of furan rings is 1. The third-order valence-electron chi connectivity index (χ3n) is 6.95. The van der Waals surface area contributed by atoms with Gasteiger partial charge in [-0.05, 0) is 43.5 Å². The van der Waals surface area contributed by atoms with Gasteiger partial charge in [-0.3, -0.25) is 4.79 Å². The molecule has 0 radical (unpaired) electrons. The van der Waals surface area contributed by atoms with E-state index < -0.39 is 23.5 Å². The van der Waals surface area contributed by atoms with Gasteiger partial charge in [-0.2, -0.15) is 0 Å². The lowest BCUT2D eigenvalue weighted by Crippen LogP contribution is -2.43. The van der Waals surface area contributed by atoms with Crippen molar-refractivity contribution >= 4 is 33.8 Å². The van der Waals surface area contributed by atoms with Gasteiger partial charge in [0, 0.05) is 28.3 Å². The summed E-state index contributed by atoms with van der Waals surface area (Å²) in [6.45, 7) is 5.53. The van der Waals surface area contributed by atoms with Crippen molar-refractivity contribution in [2.45, 2.75) is 39.7 Å². The minimum Gasteiger partial charge on any atom is -0.480 e. The van der Waals surface area contributed by atoms with Gasteiger partial charge in [0.25, 0.3) is 0 Å². The third-order valence-corrected chi connectivity index (χ3v) is 6.95. The number of aliphatic carboxylic acids is 1. The molecule has 38 heavy (non-hydrogen) atoms. The van der Waals surface area contributed by atoms with Crippen molar-refractivity contribution in [2.24, 2.45) is 0 Å². The molecule has 1 atom stereocenters. The lowest BCUT2D eigenvalue weighted by molar-refractivity contribution is -0.141. The molecule has 0 spiro atoms. The SMILES string of the molecule is Cc1oc2c(C)c3oc(=O)c(CC(=O)NC(Cc4ccccc4)C(=O)O)c(C)c3cc2c1-c1ccccc1. The van der Waals surface area contributed by atoms with E-state index in [0.29, 0.717) is 27.7 Å². The van der Waals surface area contributed by atoms with Crippen LogP contribution in [0.1, 0.15) is 28.0 Å². The molecule has 0 fully saturated rings. The standard InChI is InChI=1S/C31H27NO6/c1-17-22-15-24-27(21-12-8-5-9-13-21)19(3)37-29(24)18(2)28(22)38-31(36)23(17)16-26(33)32-25(30(34)35)14-20-10-6-4-7-11-20/h4-13,15,25H,14,16H2,1-3H3,(H,32,33)(H,34,35). The van der Waals surface area contributed by atoms with Crippen molar-refractivity contribution in [1.29, 1.82) is 0 Å². The van der Waals surface area contributed by atoms with Gasteiger partial charge >= 0.3 is 11.6 Å². The van der Waals surface area contributed by atoms with E-state index in [9.17, 15) is 19.5 Å². The van der Waals surface area contributed by atoms with Gasteiger partial charge in [0.05, 0.1) is 12.0 Å². The molecule has 192 valence electrons. The number of aryl methyl sites for hydroxylation is 3. The van der Waals surface area contributed by atoms with Crippen LogP contribution in [0.15, 0.2) is 80.4 Å². The Hall–Kier alpha value is -4.65. The van der Waals surface area contributed by atoms with Crippen LogP contribution in [0, 0.1) is 20.8 Å². The quantitative estimate of drug-likeness (QED) is 0.281. The van der Waals surface area contributed by atoms with Gasteiger partial charge < -0.3 is 19.3 Å². The van der Waals surface area contributed by atoms with Crippen molar-refractivity contribution in [1.82, 2.24) is 5.32 Å². The number of hydrogen-bond donors (Lipinski definition) is 2. The lowest BCUT2D eigenvalue weighted by atomic mass is 9.96. The highest BCUT2D eigenvalue weighted by atomic mass is 16.4. The molecule has 0 aliphatic rings. The van der Waals surface area contributed by atoms with Crippen LogP contribution in [0.5, 0.6) is 0 Å². The van der Waals surface area contributed by atoms with Gasteiger partial charge in [-0.1, -0.05) is 60.7 Å². The Balaban J connectivity index is 1.53. The van der Waals surface area contributed by atoms with Crippen LogP contribution in [-0.2, 0) is 22.4 Å². The molecule has 2 heterocycles. The maximum absolute atomic E-state index is 13.0. The van der Waals surface area contributed by atoms with Crippen LogP contribution in [0.3, 0.4) is 0 Å². The van der Waals surface area contributed by atoms with Crippen molar-refractivity contribution < 1.29 is 23.5 Å². The van der Waals surface area contributed by atoms with Gasteiger partial charge in [0.2, 0.25) is 5.91 Å². The Morgan fingerprint density at radius 1 is 0.868 bits per heavy atom. The number of fused-ring (bicyclic) bond motifs is 2. The highest BCUT2D eigenvalue weighted by molar-refractivity contribution is 6.06. The highest BCUT2D eigenvalue weighted by Crippen LogP contribution is 2.39. The maximum Gasteiger partial charge on any atom is 0.340 e. The number of carboxylic acid groups (broad SMARTS) is 1. The van der Waals surface area contributed by atoms with E-state index in [-0.39, 0.29) is 18.4 Å². The number of amides is 1. The van der Waals surface area contributed by atoms with E-state index >= 15 is 0 Å². The minimum absolute atomic E-state index is 0.131.